The van der Waals surface area contributed by atoms with Gasteiger partial charge in [-0.3, -0.25) is 0 Å². The van der Waals surface area contributed by atoms with Crippen molar-refractivity contribution in [3.63, 3.8) is 0 Å². The van der Waals surface area contributed by atoms with Crippen molar-refractivity contribution >= 4 is 19.4 Å². The van der Waals surface area contributed by atoms with Crippen LogP contribution in [0.5, 0.6) is 0 Å². The minimum atomic E-state index is -7.88. The summed E-state index contributed by atoms with van der Waals surface area (Å²) in [5.74, 6) is -30.6. The molecule has 0 bridgehead atoms. The van der Waals surface area contributed by atoms with Crippen LogP contribution in [0.4, 0.5) is 57.1 Å². The van der Waals surface area contributed by atoms with Crippen molar-refractivity contribution in [3.8, 4) is 11.1 Å². The van der Waals surface area contributed by atoms with Crippen LogP contribution in [0.25, 0.3) is 11.1 Å². The first-order valence-electron chi connectivity index (χ1n) is 8.10. The van der Waals surface area contributed by atoms with Crippen LogP contribution < -0.4 is 4.46 Å². The third-order valence-electron chi connectivity index (χ3n) is 4.11. The molecule has 2 aromatic rings. The number of benzene rings is 2. The van der Waals surface area contributed by atoms with Gasteiger partial charge in [0, 0.05) is 0 Å². The number of hydrogen-bond acceptors (Lipinski definition) is 0. The first-order valence-corrected chi connectivity index (χ1v) is 9.81. The Hall–Kier alpha value is -1.95. The molecule has 0 saturated carbocycles. The zero-order valence-corrected chi connectivity index (χ0v) is 16.7. The minimum absolute atomic E-state index is 0.377. The van der Waals surface area contributed by atoms with Crippen LogP contribution in [-0.2, 0) is 0 Å². The predicted octanol–water partition coefficient (Wildman–Crippen LogP) is 6.38. The Labute approximate surface area is 177 Å². The van der Waals surface area contributed by atoms with Crippen LogP contribution in [0, 0.1) is 0 Å². The zero-order valence-electron chi connectivity index (χ0n) is 15.0. The normalized spacial score (nSPS) is 14.5. The van der Waals surface area contributed by atoms with Crippen LogP contribution in [0.2, 0.25) is 0 Å². The third kappa shape index (κ3) is 4.18. The fourth-order valence-electron chi connectivity index (χ4n) is 2.31. The first-order chi connectivity index (χ1) is 14.3. The number of halogens is 13. The molecule has 14 heteroatoms. The Morgan fingerprint density at radius 3 is 1.28 bits per heavy atom. The molecule has 0 aliphatic carbocycles. The van der Waals surface area contributed by atoms with E-state index in [-0.39, 0.29) is 0 Å². The van der Waals surface area contributed by atoms with Crippen molar-refractivity contribution in [2.75, 3.05) is 0 Å². The molecular weight excluding hydrogens is 542 g/mol. The Morgan fingerprint density at radius 1 is 0.438 bits per heavy atom. The number of alkyl halides is 13. The van der Waals surface area contributed by atoms with E-state index >= 15 is 0 Å². The molecular formula is C18H9F13Se. The molecule has 0 aliphatic heterocycles. The van der Waals surface area contributed by atoms with E-state index in [2.05, 4.69) is 0 Å². The maximum absolute atomic E-state index is 14.0. The van der Waals surface area contributed by atoms with Crippen molar-refractivity contribution in [2.24, 2.45) is 0 Å². The van der Waals surface area contributed by atoms with Crippen LogP contribution in [0.1, 0.15) is 0 Å². The molecule has 0 fully saturated rings. The number of rotatable bonds is 7. The molecule has 32 heavy (non-hydrogen) atoms. The van der Waals surface area contributed by atoms with Gasteiger partial charge in [-0.05, 0) is 0 Å². The van der Waals surface area contributed by atoms with Gasteiger partial charge in [0.1, 0.15) is 0 Å². The predicted molar refractivity (Wildman–Crippen MR) is 88.1 cm³/mol. The SMILES string of the molecule is FC(F)(F)C(F)(F)C(F)(F)C(F)(F)C(F)(F)C(F)(F)[Se]c1ccc(-c2ccccc2)cc1. The molecule has 0 aliphatic rings. The van der Waals surface area contributed by atoms with Gasteiger partial charge in [-0.25, -0.2) is 0 Å². The Kier molecular flexibility index (Phi) is 6.68. The molecule has 2 aromatic carbocycles. The van der Waals surface area contributed by atoms with Crippen LogP contribution in [0.3, 0.4) is 0 Å². The van der Waals surface area contributed by atoms with Crippen molar-refractivity contribution in [2.45, 2.75) is 34.7 Å². The van der Waals surface area contributed by atoms with Crippen molar-refractivity contribution < 1.29 is 57.1 Å². The number of hydrogen-bond donors (Lipinski definition) is 0. The van der Waals surface area contributed by atoms with Gasteiger partial charge >= 0.3 is 177 Å². The Morgan fingerprint density at radius 2 is 0.844 bits per heavy atom. The molecule has 0 nitrogen and oxygen atoms in total. The quantitative estimate of drug-likeness (QED) is 0.277. The third-order valence-corrected chi connectivity index (χ3v) is 6.25. The summed E-state index contributed by atoms with van der Waals surface area (Å²) in [6.07, 6.45) is -7.41. The van der Waals surface area contributed by atoms with Crippen LogP contribution >= 0.6 is 0 Å². The maximum atomic E-state index is 14.0. The average molecular weight is 551 g/mol. The van der Waals surface area contributed by atoms with E-state index in [4.69, 9.17) is 0 Å². The zero-order chi connectivity index (χ0) is 24.8. The summed E-state index contributed by atoms with van der Waals surface area (Å²) in [4.78, 5) is -6.07. The summed E-state index contributed by atoms with van der Waals surface area (Å²) < 4.78 is 170. The van der Waals surface area contributed by atoms with Crippen LogP contribution in [0.15, 0.2) is 54.6 Å². The fraction of sp³-hybridized carbons (Fsp3) is 0.333. The van der Waals surface area contributed by atoms with Gasteiger partial charge in [0.05, 0.1) is 0 Å². The average Bonchev–Trinajstić information content (AvgIpc) is 2.67. The molecule has 2 rings (SSSR count). The topological polar surface area (TPSA) is 0 Å². The Bertz CT molecular complexity index is 918. The monoisotopic (exact) mass is 552 g/mol. The van der Waals surface area contributed by atoms with E-state index < -0.39 is 54.1 Å². The van der Waals surface area contributed by atoms with E-state index in [1.165, 1.54) is 0 Å². The van der Waals surface area contributed by atoms with E-state index in [1.807, 2.05) is 0 Å². The van der Waals surface area contributed by atoms with Gasteiger partial charge in [-0.15, -0.1) is 0 Å². The summed E-state index contributed by atoms with van der Waals surface area (Å²) in [5.41, 5.74) is 0.922. The fourth-order valence-corrected chi connectivity index (χ4v) is 4.04. The summed E-state index contributed by atoms with van der Waals surface area (Å²) in [6.45, 7) is 0. The first kappa shape index (κ1) is 26.3. The van der Waals surface area contributed by atoms with Gasteiger partial charge in [0.2, 0.25) is 0 Å². The second kappa shape index (κ2) is 8.12. The van der Waals surface area contributed by atoms with Gasteiger partial charge in [0.25, 0.3) is 0 Å². The van der Waals surface area contributed by atoms with Crippen molar-refractivity contribution in [1.29, 1.82) is 0 Å². The second-order valence-electron chi connectivity index (χ2n) is 6.30. The van der Waals surface area contributed by atoms with Gasteiger partial charge in [0.15, 0.2) is 0 Å². The summed E-state index contributed by atoms with van der Waals surface area (Å²) in [6, 6.07) is 11.8. The van der Waals surface area contributed by atoms with E-state index in [0.29, 0.717) is 11.1 Å². The molecule has 0 atom stereocenters. The van der Waals surface area contributed by atoms with E-state index in [0.717, 1.165) is 24.3 Å². The van der Waals surface area contributed by atoms with Gasteiger partial charge < -0.3 is 0 Å². The van der Waals surface area contributed by atoms with Crippen molar-refractivity contribution in [3.05, 3.63) is 54.6 Å². The molecule has 178 valence electrons. The standard InChI is InChI=1S/C18H9F13Se/c19-13(20,15(23,24)17(27,28)29)14(21,22)16(25,26)18(30,31)32-12-8-6-11(7-9-12)10-4-2-1-3-5-10/h1-9H. The molecule has 0 radical (unpaired) electrons. The molecule has 0 saturated heterocycles. The van der Waals surface area contributed by atoms with E-state index in [9.17, 15) is 57.1 Å². The molecule has 0 N–H and O–H groups in total. The molecule has 0 amide bonds. The molecule has 0 spiro atoms. The molecule has 0 unspecified atom stereocenters. The van der Waals surface area contributed by atoms with Crippen molar-refractivity contribution in [1.82, 2.24) is 0 Å². The van der Waals surface area contributed by atoms with E-state index in [1.54, 1.807) is 30.3 Å². The molecule has 0 aromatic heterocycles. The van der Waals surface area contributed by atoms with Crippen LogP contribution in [-0.4, -0.2) is 49.6 Å². The van der Waals surface area contributed by atoms with Gasteiger partial charge in [-0.2, -0.15) is 0 Å². The van der Waals surface area contributed by atoms with Gasteiger partial charge in [-0.1, -0.05) is 0 Å². The summed E-state index contributed by atoms with van der Waals surface area (Å²) >= 11 is -3.06. The second-order valence-corrected chi connectivity index (χ2v) is 8.80. The molecule has 0 heterocycles. The Balaban J connectivity index is 2.37. The summed E-state index contributed by atoms with van der Waals surface area (Å²) in [7, 11) is 0. The summed E-state index contributed by atoms with van der Waals surface area (Å²) in [5, 5.41) is 0.